The number of hydrogen-bond acceptors (Lipinski definition) is 9. The second-order valence-electron chi connectivity index (χ2n) is 10.5. The summed E-state index contributed by atoms with van der Waals surface area (Å²) in [6, 6.07) is 0.562. The van der Waals surface area contributed by atoms with Crippen molar-refractivity contribution >= 4 is 28.2 Å². The van der Waals surface area contributed by atoms with Crippen molar-refractivity contribution in [3.63, 3.8) is 0 Å². The minimum Gasteiger partial charge on any atom is -0.472 e. The molecule has 4 heterocycles. The molecular formula is C27H26F5N5O4. The second kappa shape index (κ2) is 9.57. The van der Waals surface area contributed by atoms with Crippen molar-refractivity contribution in [2.45, 2.75) is 64.3 Å². The largest absolute Gasteiger partial charge is 0.573 e. The van der Waals surface area contributed by atoms with Crippen LogP contribution in [0.25, 0.3) is 22.0 Å². The smallest absolute Gasteiger partial charge is 0.472 e. The van der Waals surface area contributed by atoms with Crippen LogP contribution in [0.2, 0.25) is 0 Å². The summed E-state index contributed by atoms with van der Waals surface area (Å²) in [5.41, 5.74) is 5.02. The minimum atomic E-state index is -5.27. The van der Waals surface area contributed by atoms with Crippen molar-refractivity contribution in [1.82, 2.24) is 15.3 Å². The molecule has 0 radical (unpaired) electrons. The molecule has 218 valence electrons. The maximum Gasteiger partial charge on any atom is 0.573 e. The van der Waals surface area contributed by atoms with Crippen LogP contribution in [-0.4, -0.2) is 59.7 Å². The first-order valence-corrected chi connectivity index (χ1v) is 13.0. The molecule has 3 unspecified atom stereocenters. The number of nitrogens with two attached hydrogens (primary N) is 1. The van der Waals surface area contributed by atoms with E-state index in [1.54, 1.807) is 20.8 Å². The second-order valence-corrected chi connectivity index (χ2v) is 10.5. The van der Waals surface area contributed by atoms with Gasteiger partial charge < -0.3 is 30.2 Å². The number of nitrogens with zero attached hydrogens (tertiary/aromatic N) is 3. The Morgan fingerprint density at radius 1 is 1.17 bits per heavy atom. The summed E-state index contributed by atoms with van der Waals surface area (Å²) < 4.78 is 86.5. The van der Waals surface area contributed by atoms with E-state index in [-0.39, 0.29) is 41.0 Å². The molecule has 9 nitrogen and oxygen atoms in total. The molecule has 1 aliphatic carbocycles. The lowest BCUT2D eigenvalue weighted by atomic mass is 9.99. The Morgan fingerprint density at radius 2 is 1.90 bits per heavy atom. The van der Waals surface area contributed by atoms with Crippen molar-refractivity contribution in [3.05, 3.63) is 35.0 Å². The summed E-state index contributed by atoms with van der Waals surface area (Å²) in [6.07, 6.45) is -4.30. The SMILES string of the molecule is Cc1nc2c3c(nc(-c4cc(N)cc(F)c4OC(F)(F)F)c(F)c3c1C)OC(C)C1CNC(C(=O)OC3CC3)CN21. The number of ether oxygens (including phenoxy) is 3. The van der Waals surface area contributed by atoms with Crippen molar-refractivity contribution in [1.29, 1.82) is 0 Å². The topological polar surface area (TPSA) is 112 Å². The first-order valence-electron chi connectivity index (χ1n) is 13.0. The lowest BCUT2D eigenvalue weighted by Crippen LogP contribution is -2.63. The Morgan fingerprint density at radius 3 is 2.59 bits per heavy atom. The number of aromatic nitrogens is 2. The van der Waals surface area contributed by atoms with Crippen LogP contribution >= 0.6 is 0 Å². The van der Waals surface area contributed by atoms with Crippen LogP contribution in [0.5, 0.6) is 11.6 Å². The Bertz CT molecular complexity index is 1580. The highest BCUT2D eigenvalue weighted by Gasteiger charge is 2.43. The normalized spacial score (nSPS) is 22.1. The van der Waals surface area contributed by atoms with Gasteiger partial charge in [-0.2, -0.15) is 0 Å². The lowest BCUT2D eigenvalue weighted by Gasteiger charge is -2.41. The van der Waals surface area contributed by atoms with E-state index < -0.39 is 53.1 Å². The highest BCUT2D eigenvalue weighted by molar-refractivity contribution is 6.02. The fourth-order valence-corrected chi connectivity index (χ4v) is 5.34. The average Bonchev–Trinajstić information content (AvgIpc) is 3.72. The minimum absolute atomic E-state index is 0.0169. The molecule has 0 amide bonds. The van der Waals surface area contributed by atoms with Gasteiger partial charge in [-0.15, -0.1) is 13.2 Å². The zero-order valence-electron chi connectivity index (χ0n) is 22.2. The van der Waals surface area contributed by atoms with Gasteiger partial charge in [0.25, 0.3) is 0 Å². The number of aryl methyl sites for hydroxylation is 2. The zero-order valence-corrected chi connectivity index (χ0v) is 22.2. The third-order valence-corrected chi connectivity index (χ3v) is 7.61. The number of piperazine rings is 1. The van der Waals surface area contributed by atoms with Crippen LogP contribution in [0.1, 0.15) is 31.0 Å². The number of nitrogen functional groups attached to an aromatic ring is 1. The van der Waals surface area contributed by atoms with Crippen LogP contribution in [0.15, 0.2) is 12.1 Å². The number of esters is 1. The molecule has 1 aromatic carbocycles. The molecule has 2 aliphatic heterocycles. The molecule has 0 bridgehead atoms. The summed E-state index contributed by atoms with van der Waals surface area (Å²) in [7, 11) is 0. The number of pyridine rings is 2. The zero-order chi connectivity index (χ0) is 29.4. The Kier molecular flexibility index (Phi) is 6.36. The number of nitrogens with one attached hydrogen (secondary N) is 1. The van der Waals surface area contributed by atoms with Crippen molar-refractivity contribution in [2.75, 3.05) is 23.7 Å². The fourth-order valence-electron chi connectivity index (χ4n) is 5.34. The van der Waals surface area contributed by atoms with Crippen molar-refractivity contribution in [3.8, 4) is 22.9 Å². The van der Waals surface area contributed by atoms with Gasteiger partial charge in [0.05, 0.1) is 17.0 Å². The number of benzene rings is 1. The number of rotatable bonds is 4. The lowest BCUT2D eigenvalue weighted by molar-refractivity contribution is -0.275. The van der Waals surface area contributed by atoms with Crippen molar-refractivity contribution in [2.24, 2.45) is 0 Å². The summed E-state index contributed by atoms with van der Waals surface area (Å²) >= 11 is 0. The van der Waals surface area contributed by atoms with Gasteiger partial charge in [-0.05, 0) is 45.2 Å². The molecular weight excluding hydrogens is 553 g/mol. The molecule has 41 heavy (non-hydrogen) atoms. The number of anilines is 2. The summed E-state index contributed by atoms with van der Waals surface area (Å²) in [5, 5.41) is 3.35. The van der Waals surface area contributed by atoms with Crippen LogP contribution < -0.4 is 25.4 Å². The van der Waals surface area contributed by atoms with Gasteiger partial charge in [-0.25, -0.2) is 18.7 Å². The number of fused-ring (bicyclic) bond motifs is 2. The number of carbonyl (C=O) groups excluding carboxylic acids is 1. The molecule has 2 fully saturated rings. The molecule has 0 spiro atoms. The highest BCUT2D eigenvalue weighted by atomic mass is 19.4. The third-order valence-electron chi connectivity index (χ3n) is 7.61. The first-order chi connectivity index (χ1) is 19.3. The molecule has 3 aliphatic rings. The van der Waals surface area contributed by atoms with E-state index in [9.17, 15) is 22.4 Å². The molecule has 14 heteroatoms. The fraction of sp³-hybridized carbons (Fsp3) is 0.444. The molecule has 2 aromatic heterocycles. The van der Waals surface area contributed by atoms with Crippen LogP contribution in [0.4, 0.5) is 33.5 Å². The quantitative estimate of drug-likeness (QED) is 0.265. The van der Waals surface area contributed by atoms with Gasteiger partial charge >= 0.3 is 12.3 Å². The Labute approximate surface area is 230 Å². The molecule has 1 saturated carbocycles. The number of alkyl halides is 3. The van der Waals surface area contributed by atoms with E-state index in [2.05, 4.69) is 15.0 Å². The molecule has 6 rings (SSSR count). The average molecular weight is 580 g/mol. The number of carbonyl (C=O) groups is 1. The summed E-state index contributed by atoms with van der Waals surface area (Å²) in [5.74, 6) is -3.93. The Balaban J connectivity index is 1.55. The molecule has 3 N–H and O–H groups in total. The molecule has 3 atom stereocenters. The van der Waals surface area contributed by atoms with E-state index >= 15 is 4.39 Å². The van der Waals surface area contributed by atoms with Gasteiger partial charge in [0, 0.05) is 35.9 Å². The van der Waals surface area contributed by atoms with E-state index in [1.165, 1.54) is 0 Å². The van der Waals surface area contributed by atoms with E-state index in [4.69, 9.17) is 20.2 Å². The van der Waals surface area contributed by atoms with Gasteiger partial charge in [-0.3, -0.25) is 4.79 Å². The molecule has 1 saturated heterocycles. The predicted molar refractivity (Wildman–Crippen MR) is 138 cm³/mol. The van der Waals surface area contributed by atoms with E-state index in [0.717, 1.165) is 18.9 Å². The first kappa shape index (κ1) is 27.2. The predicted octanol–water partition coefficient (Wildman–Crippen LogP) is 4.31. The number of hydrogen-bond donors (Lipinski definition) is 2. The van der Waals surface area contributed by atoms with E-state index in [0.29, 0.717) is 29.7 Å². The highest BCUT2D eigenvalue weighted by Crippen LogP contribution is 2.46. The van der Waals surface area contributed by atoms with Crippen LogP contribution in [0.3, 0.4) is 0 Å². The molecule has 3 aromatic rings. The van der Waals surface area contributed by atoms with Crippen molar-refractivity contribution < 1.29 is 41.0 Å². The summed E-state index contributed by atoms with van der Waals surface area (Å²) in [6.45, 7) is 5.47. The van der Waals surface area contributed by atoms with Crippen LogP contribution in [-0.2, 0) is 9.53 Å². The van der Waals surface area contributed by atoms with Crippen LogP contribution in [0, 0.1) is 25.5 Å². The Hall–Kier alpha value is -3.94. The standard InChI is InChI=1S/C27H26F5N5O4/c1-10-11(2)35-24-20-19(10)21(29)22(15-6-13(33)7-16(28)23(15)41-27(30,31)32)36-25(20)39-12(3)18-8-34-17(9-37(18)24)26(38)40-14-4-5-14/h6-7,12,14,17-18,34H,4-5,8-9,33H2,1-3H3. The van der Waals surface area contributed by atoms with Gasteiger partial charge in [0.1, 0.15) is 29.8 Å². The number of halogens is 5. The maximum atomic E-state index is 16.5. The van der Waals surface area contributed by atoms with E-state index in [1.807, 2.05) is 4.90 Å². The van der Waals surface area contributed by atoms with Gasteiger partial charge in [0.2, 0.25) is 5.88 Å². The van der Waals surface area contributed by atoms with Gasteiger partial charge in [0.15, 0.2) is 17.4 Å². The third kappa shape index (κ3) is 4.83. The van der Waals surface area contributed by atoms with Gasteiger partial charge in [-0.1, -0.05) is 0 Å². The maximum absolute atomic E-state index is 16.5. The monoisotopic (exact) mass is 579 g/mol. The summed E-state index contributed by atoms with van der Waals surface area (Å²) in [4.78, 5) is 23.6.